The number of hydrogen-bond acceptors (Lipinski definition) is 5. The fraction of sp³-hybridized carbons (Fsp3) is 0.130. The molecule has 0 fully saturated rings. The Bertz CT molecular complexity index is 1070. The average Bonchev–Trinajstić information content (AvgIpc) is 3.23. The molecule has 28 heavy (non-hydrogen) atoms. The topological polar surface area (TPSA) is 57.4 Å². The van der Waals surface area contributed by atoms with Crippen molar-refractivity contribution in [3.63, 3.8) is 0 Å². The Balaban J connectivity index is 1.44. The van der Waals surface area contributed by atoms with Crippen LogP contribution in [0.2, 0.25) is 0 Å². The van der Waals surface area contributed by atoms with Gasteiger partial charge >= 0.3 is 0 Å². The summed E-state index contributed by atoms with van der Waals surface area (Å²) in [6.07, 6.45) is 0. The molecule has 0 aliphatic carbocycles. The van der Waals surface area contributed by atoms with E-state index in [0.29, 0.717) is 18.3 Å². The highest BCUT2D eigenvalue weighted by Gasteiger charge is 2.11. The molecule has 1 heterocycles. The van der Waals surface area contributed by atoms with Crippen molar-refractivity contribution in [2.45, 2.75) is 13.5 Å². The number of methoxy groups -OCH3 is 1. The first kappa shape index (κ1) is 17.8. The second-order valence-electron chi connectivity index (χ2n) is 6.46. The van der Waals surface area contributed by atoms with Gasteiger partial charge in [-0.15, -0.1) is 0 Å². The van der Waals surface area contributed by atoms with Crippen molar-refractivity contribution in [1.82, 2.24) is 10.1 Å². The molecule has 5 nitrogen and oxygen atoms in total. The Morgan fingerprint density at radius 3 is 2.46 bits per heavy atom. The van der Waals surface area contributed by atoms with E-state index >= 15 is 0 Å². The number of rotatable bonds is 6. The van der Waals surface area contributed by atoms with Gasteiger partial charge in [-0.1, -0.05) is 35.0 Å². The molecule has 0 radical (unpaired) electrons. The molecule has 0 saturated heterocycles. The molecule has 0 atom stereocenters. The minimum Gasteiger partial charge on any atom is -0.497 e. The average molecular weight is 372 g/mol. The smallest absolute Gasteiger partial charge is 0.258 e. The predicted octanol–water partition coefficient (Wildman–Crippen LogP) is 5.30. The van der Waals surface area contributed by atoms with Gasteiger partial charge in [-0.05, 0) is 61.0 Å². The lowest BCUT2D eigenvalue weighted by Crippen LogP contribution is -1.96. The number of aryl methyl sites for hydroxylation is 1. The van der Waals surface area contributed by atoms with Crippen LogP contribution in [0.15, 0.2) is 77.3 Å². The van der Waals surface area contributed by atoms with Gasteiger partial charge in [-0.3, -0.25) is 0 Å². The van der Waals surface area contributed by atoms with Crippen molar-refractivity contribution < 1.29 is 14.0 Å². The summed E-state index contributed by atoms with van der Waals surface area (Å²) in [7, 11) is 1.65. The lowest BCUT2D eigenvalue weighted by Gasteiger charge is -2.08. The van der Waals surface area contributed by atoms with Crippen molar-refractivity contribution in [3.8, 4) is 34.3 Å². The maximum Gasteiger partial charge on any atom is 0.258 e. The third kappa shape index (κ3) is 4.04. The van der Waals surface area contributed by atoms with Crippen LogP contribution in [0.3, 0.4) is 0 Å². The van der Waals surface area contributed by atoms with Crippen molar-refractivity contribution in [2.24, 2.45) is 0 Å². The van der Waals surface area contributed by atoms with E-state index in [1.165, 1.54) is 0 Å². The monoisotopic (exact) mass is 372 g/mol. The van der Waals surface area contributed by atoms with Gasteiger partial charge in [0.25, 0.3) is 5.89 Å². The van der Waals surface area contributed by atoms with Crippen LogP contribution in [0, 0.1) is 6.92 Å². The van der Waals surface area contributed by atoms with Crippen LogP contribution in [0.4, 0.5) is 0 Å². The summed E-state index contributed by atoms with van der Waals surface area (Å²) >= 11 is 0. The Morgan fingerprint density at radius 1 is 0.857 bits per heavy atom. The minimum atomic E-state index is 0.469. The van der Waals surface area contributed by atoms with Crippen molar-refractivity contribution in [1.29, 1.82) is 0 Å². The molecule has 0 N–H and O–H groups in total. The summed E-state index contributed by atoms with van der Waals surface area (Å²) in [6.45, 7) is 2.50. The zero-order chi connectivity index (χ0) is 19.3. The van der Waals surface area contributed by atoms with Gasteiger partial charge in [-0.2, -0.15) is 4.98 Å². The molecule has 3 aromatic carbocycles. The zero-order valence-electron chi connectivity index (χ0n) is 15.8. The molecule has 0 unspecified atom stereocenters. The number of benzene rings is 3. The van der Waals surface area contributed by atoms with E-state index in [1.54, 1.807) is 7.11 Å². The van der Waals surface area contributed by atoms with Gasteiger partial charge in [-0.25, -0.2) is 0 Å². The van der Waals surface area contributed by atoms with Crippen LogP contribution in [0.1, 0.15) is 11.1 Å². The molecule has 0 spiro atoms. The molecular weight excluding hydrogens is 352 g/mol. The fourth-order valence-corrected chi connectivity index (χ4v) is 2.87. The number of ether oxygens (including phenoxy) is 2. The largest absolute Gasteiger partial charge is 0.497 e. The fourth-order valence-electron chi connectivity index (χ4n) is 2.87. The van der Waals surface area contributed by atoms with Gasteiger partial charge in [0, 0.05) is 11.1 Å². The van der Waals surface area contributed by atoms with E-state index in [-0.39, 0.29) is 0 Å². The Morgan fingerprint density at radius 2 is 1.68 bits per heavy atom. The summed E-state index contributed by atoms with van der Waals surface area (Å²) in [5, 5.41) is 4.09. The normalized spacial score (nSPS) is 10.6. The number of aromatic nitrogens is 2. The number of nitrogens with zero attached hydrogens (tertiary/aromatic N) is 2. The van der Waals surface area contributed by atoms with E-state index in [1.807, 2.05) is 79.7 Å². The number of hydrogen-bond donors (Lipinski definition) is 0. The molecule has 4 rings (SSSR count). The maximum atomic E-state index is 5.85. The second-order valence-corrected chi connectivity index (χ2v) is 6.46. The predicted molar refractivity (Wildman–Crippen MR) is 107 cm³/mol. The van der Waals surface area contributed by atoms with Gasteiger partial charge in [0.15, 0.2) is 0 Å². The zero-order valence-corrected chi connectivity index (χ0v) is 15.8. The van der Waals surface area contributed by atoms with E-state index in [0.717, 1.165) is 33.8 Å². The SMILES string of the molecule is COc1cccc(COc2ccc(-c3noc(-c4cccc(C)c4)n3)cc2)c1. The quantitative estimate of drug-likeness (QED) is 0.460. The highest BCUT2D eigenvalue weighted by molar-refractivity contribution is 5.60. The van der Waals surface area contributed by atoms with Crippen LogP contribution < -0.4 is 9.47 Å². The van der Waals surface area contributed by atoms with Crippen LogP contribution >= 0.6 is 0 Å². The Hall–Kier alpha value is -3.60. The highest BCUT2D eigenvalue weighted by atomic mass is 16.5. The van der Waals surface area contributed by atoms with Crippen molar-refractivity contribution in [3.05, 3.63) is 83.9 Å². The van der Waals surface area contributed by atoms with E-state index in [2.05, 4.69) is 10.1 Å². The molecule has 140 valence electrons. The molecule has 4 aromatic rings. The molecule has 0 saturated carbocycles. The molecule has 1 aromatic heterocycles. The molecular formula is C23H20N2O3. The van der Waals surface area contributed by atoms with E-state index in [4.69, 9.17) is 14.0 Å². The van der Waals surface area contributed by atoms with Crippen LogP contribution in [0.5, 0.6) is 11.5 Å². The first-order valence-electron chi connectivity index (χ1n) is 8.98. The second kappa shape index (κ2) is 7.96. The highest BCUT2D eigenvalue weighted by Crippen LogP contribution is 2.25. The molecule has 0 amide bonds. The third-order valence-electron chi connectivity index (χ3n) is 4.34. The van der Waals surface area contributed by atoms with E-state index < -0.39 is 0 Å². The first-order valence-corrected chi connectivity index (χ1v) is 8.98. The van der Waals surface area contributed by atoms with Crippen molar-refractivity contribution >= 4 is 0 Å². The van der Waals surface area contributed by atoms with Crippen molar-refractivity contribution in [2.75, 3.05) is 7.11 Å². The van der Waals surface area contributed by atoms with Gasteiger partial charge in [0.1, 0.15) is 18.1 Å². The lowest BCUT2D eigenvalue weighted by atomic mass is 10.1. The van der Waals surface area contributed by atoms with Gasteiger partial charge < -0.3 is 14.0 Å². The van der Waals surface area contributed by atoms with Gasteiger partial charge in [0.05, 0.1) is 7.11 Å². The summed E-state index contributed by atoms with van der Waals surface area (Å²) in [5.74, 6) is 2.65. The van der Waals surface area contributed by atoms with Crippen LogP contribution in [0.25, 0.3) is 22.8 Å². The molecule has 0 bridgehead atoms. The lowest BCUT2D eigenvalue weighted by molar-refractivity contribution is 0.305. The van der Waals surface area contributed by atoms with Crippen LogP contribution in [-0.4, -0.2) is 17.3 Å². The maximum absolute atomic E-state index is 5.85. The van der Waals surface area contributed by atoms with Gasteiger partial charge in [0.2, 0.25) is 5.82 Å². The summed E-state index contributed by atoms with van der Waals surface area (Å²) in [4.78, 5) is 4.50. The van der Waals surface area contributed by atoms with E-state index in [9.17, 15) is 0 Å². The minimum absolute atomic E-state index is 0.469. The Labute approximate surface area is 163 Å². The third-order valence-corrected chi connectivity index (χ3v) is 4.34. The van der Waals surface area contributed by atoms with Crippen LogP contribution in [-0.2, 0) is 6.61 Å². The Kier molecular flexibility index (Phi) is 5.06. The first-order chi connectivity index (χ1) is 13.7. The molecule has 0 aliphatic heterocycles. The standard InChI is InChI=1S/C23H20N2O3/c1-16-5-3-7-19(13-16)23-24-22(25-28-23)18-9-11-20(12-10-18)27-15-17-6-4-8-21(14-17)26-2/h3-14H,15H2,1-2H3. The summed E-state index contributed by atoms with van der Waals surface area (Å²) in [6, 6.07) is 23.5. The summed E-state index contributed by atoms with van der Waals surface area (Å²) < 4.78 is 16.5. The molecule has 0 aliphatic rings. The summed E-state index contributed by atoms with van der Waals surface area (Å²) in [5.41, 5.74) is 3.98. The molecule has 5 heteroatoms.